The largest absolute Gasteiger partial charge is 0.365 e. The van der Waals surface area contributed by atoms with Crippen LogP contribution in [-0.4, -0.2) is 47.3 Å². The first-order chi connectivity index (χ1) is 11.0. The minimum Gasteiger partial charge on any atom is -0.365 e. The summed E-state index contributed by atoms with van der Waals surface area (Å²) >= 11 is 1.42. The second-order valence-electron chi connectivity index (χ2n) is 6.06. The molecule has 3 rings (SSSR count). The summed E-state index contributed by atoms with van der Waals surface area (Å²) in [4.78, 5) is 40.4. The Labute approximate surface area is 138 Å². The lowest BCUT2D eigenvalue weighted by Crippen LogP contribution is -2.49. The van der Waals surface area contributed by atoms with E-state index in [1.54, 1.807) is 6.07 Å². The van der Waals surface area contributed by atoms with Crippen LogP contribution in [0.1, 0.15) is 33.0 Å². The van der Waals surface area contributed by atoms with E-state index in [0.717, 1.165) is 29.7 Å². The number of primary amides is 2. The van der Waals surface area contributed by atoms with E-state index in [4.69, 9.17) is 11.5 Å². The molecule has 3 heterocycles. The number of likely N-dealkylation sites (tertiary alicyclic amines) is 1. The van der Waals surface area contributed by atoms with Gasteiger partial charge in [-0.1, -0.05) is 0 Å². The molecule has 1 atom stereocenters. The fraction of sp³-hybridized carbons (Fsp3) is 0.533. The van der Waals surface area contributed by atoms with Crippen molar-refractivity contribution in [3.05, 3.63) is 21.4 Å². The standard InChI is InChI=1S/C15H20N4O3S/c16-13(20)12-6-10-8-18(5-3-11(10)23-12)14(21)9-2-1-4-19(7-9)15(17)22/h6,9H,1-5,7-8H2,(H2,16,20)(H2,17,22)/t9-/m1/s1. The first-order valence-corrected chi connectivity index (χ1v) is 8.52. The summed E-state index contributed by atoms with van der Waals surface area (Å²) in [5.41, 5.74) is 11.6. The van der Waals surface area contributed by atoms with E-state index in [2.05, 4.69) is 0 Å². The van der Waals surface area contributed by atoms with Crippen molar-refractivity contribution < 1.29 is 14.4 Å². The highest BCUT2D eigenvalue weighted by Gasteiger charge is 2.32. The number of rotatable bonds is 2. The van der Waals surface area contributed by atoms with E-state index in [-0.39, 0.29) is 11.8 Å². The van der Waals surface area contributed by atoms with Crippen LogP contribution in [0.2, 0.25) is 0 Å². The third-order valence-electron chi connectivity index (χ3n) is 4.50. The van der Waals surface area contributed by atoms with E-state index < -0.39 is 11.9 Å². The molecule has 4 amide bonds. The summed E-state index contributed by atoms with van der Waals surface area (Å²) in [5.74, 6) is -0.549. The van der Waals surface area contributed by atoms with Gasteiger partial charge in [0.05, 0.1) is 10.8 Å². The quantitative estimate of drug-likeness (QED) is 0.821. The second-order valence-corrected chi connectivity index (χ2v) is 7.19. The zero-order chi connectivity index (χ0) is 16.6. The van der Waals surface area contributed by atoms with Gasteiger partial charge in [0.15, 0.2) is 0 Å². The van der Waals surface area contributed by atoms with Gasteiger partial charge in [0, 0.05) is 31.1 Å². The Morgan fingerprint density at radius 2 is 1.96 bits per heavy atom. The molecule has 1 saturated heterocycles. The number of carbonyl (C=O) groups is 3. The zero-order valence-corrected chi connectivity index (χ0v) is 13.6. The van der Waals surface area contributed by atoms with Crippen molar-refractivity contribution in [3.8, 4) is 0 Å². The Morgan fingerprint density at radius 3 is 2.65 bits per heavy atom. The number of urea groups is 1. The number of piperidine rings is 1. The van der Waals surface area contributed by atoms with Crippen LogP contribution in [0.3, 0.4) is 0 Å². The van der Waals surface area contributed by atoms with Crippen LogP contribution in [0.25, 0.3) is 0 Å². The Kier molecular flexibility index (Phi) is 4.25. The third kappa shape index (κ3) is 3.17. The molecule has 8 heteroatoms. The van der Waals surface area contributed by atoms with Gasteiger partial charge in [-0.3, -0.25) is 9.59 Å². The van der Waals surface area contributed by atoms with Crippen molar-refractivity contribution >= 4 is 29.2 Å². The lowest BCUT2D eigenvalue weighted by atomic mass is 9.95. The van der Waals surface area contributed by atoms with E-state index in [0.29, 0.717) is 31.1 Å². The molecular formula is C15H20N4O3S. The second kappa shape index (κ2) is 6.19. The minimum atomic E-state index is -0.465. The van der Waals surface area contributed by atoms with Crippen LogP contribution in [0.5, 0.6) is 0 Å². The number of hydrogen-bond acceptors (Lipinski definition) is 4. The molecule has 0 radical (unpaired) electrons. The smallest absolute Gasteiger partial charge is 0.314 e. The maximum atomic E-state index is 12.7. The number of nitrogens with zero attached hydrogens (tertiary/aromatic N) is 2. The molecule has 1 fully saturated rings. The predicted molar refractivity (Wildman–Crippen MR) is 85.8 cm³/mol. The van der Waals surface area contributed by atoms with Gasteiger partial charge in [-0.15, -0.1) is 11.3 Å². The van der Waals surface area contributed by atoms with Gasteiger partial charge in [-0.25, -0.2) is 4.79 Å². The summed E-state index contributed by atoms with van der Waals surface area (Å²) < 4.78 is 0. The van der Waals surface area contributed by atoms with Gasteiger partial charge in [0.1, 0.15) is 0 Å². The first kappa shape index (κ1) is 15.8. The average molecular weight is 336 g/mol. The molecule has 2 aliphatic rings. The topological polar surface area (TPSA) is 110 Å². The normalized spacial score (nSPS) is 21.0. The molecular weight excluding hydrogens is 316 g/mol. The highest BCUT2D eigenvalue weighted by atomic mass is 32.1. The SMILES string of the molecule is NC(=O)c1cc2c(s1)CCN(C(=O)[C@@H]1CCCN(C(N)=O)C1)C2. The molecule has 23 heavy (non-hydrogen) atoms. The van der Waals surface area contributed by atoms with Crippen molar-refractivity contribution in [2.45, 2.75) is 25.8 Å². The van der Waals surface area contributed by atoms with Gasteiger partial charge < -0.3 is 21.3 Å². The van der Waals surface area contributed by atoms with E-state index in [9.17, 15) is 14.4 Å². The molecule has 1 aromatic rings. The average Bonchev–Trinajstić information content (AvgIpc) is 2.97. The van der Waals surface area contributed by atoms with Crippen molar-refractivity contribution in [2.24, 2.45) is 17.4 Å². The summed E-state index contributed by atoms with van der Waals surface area (Å²) in [6.45, 7) is 2.16. The lowest BCUT2D eigenvalue weighted by molar-refractivity contribution is -0.137. The van der Waals surface area contributed by atoms with Crippen LogP contribution in [0, 0.1) is 5.92 Å². The fourth-order valence-corrected chi connectivity index (χ4v) is 4.29. The Bertz CT molecular complexity index is 657. The highest BCUT2D eigenvalue weighted by Crippen LogP contribution is 2.29. The van der Waals surface area contributed by atoms with Crippen molar-refractivity contribution in [1.29, 1.82) is 0 Å². The van der Waals surface area contributed by atoms with Gasteiger partial charge in [-0.05, 0) is 30.9 Å². The summed E-state index contributed by atoms with van der Waals surface area (Å²) in [7, 11) is 0. The van der Waals surface area contributed by atoms with Gasteiger partial charge in [0.25, 0.3) is 5.91 Å². The molecule has 4 N–H and O–H groups in total. The number of hydrogen-bond donors (Lipinski definition) is 2. The minimum absolute atomic E-state index is 0.0634. The molecule has 0 spiro atoms. The molecule has 1 aromatic heterocycles. The summed E-state index contributed by atoms with van der Waals surface area (Å²) in [6, 6.07) is 1.32. The number of nitrogens with two attached hydrogens (primary N) is 2. The zero-order valence-electron chi connectivity index (χ0n) is 12.8. The number of amides is 4. The first-order valence-electron chi connectivity index (χ1n) is 7.70. The lowest BCUT2D eigenvalue weighted by Gasteiger charge is -2.35. The Hall–Kier alpha value is -2.09. The van der Waals surface area contributed by atoms with Crippen LogP contribution in [0.15, 0.2) is 6.07 Å². The molecule has 124 valence electrons. The number of thiophene rings is 1. The van der Waals surface area contributed by atoms with E-state index in [1.807, 2.05) is 4.90 Å². The van der Waals surface area contributed by atoms with Crippen LogP contribution < -0.4 is 11.5 Å². The van der Waals surface area contributed by atoms with Crippen LogP contribution >= 0.6 is 11.3 Å². The van der Waals surface area contributed by atoms with E-state index in [1.165, 1.54) is 16.2 Å². The summed E-state index contributed by atoms with van der Waals surface area (Å²) in [6.07, 6.45) is 2.32. The number of fused-ring (bicyclic) bond motifs is 1. The molecule has 7 nitrogen and oxygen atoms in total. The molecule has 0 aromatic carbocycles. The molecule has 0 aliphatic carbocycles. The maximum absolute atomic E-state index is 12.7. The van der Waals surface area contributed by atoms with Crippen molar-refractivity contribution in [1.82, 2.24) is 9.80 Å². The third-order valence-corrected chi connectivity index (χ3v) is 5.76. The maximum Gasteiger partial charge on any atom is 0.314 e. The van der Waals surface area contributed by atoms with Crippen molar-refractivity contribution in [2.75, 3.05) is 19.6 Å². The molecule has 2 aliphatic heterocycles. The highest BCUT2D eigenvalue weighted by molar-refractivity contribution is 7.14. The molecule has 0 bridgehead atoms. The fourth-order valence-electron chi connectivity index (χ4n) is 3.28. The van der Waals surface area contributed by atoms with Crippen molar-refractivity contribution in [3.63, 3.8) is 0 Å². The number of carbonyl (C=O) groups excluding carboxylic acids is 3. The van der Waals surface area contributed by atoms with Crippen LogP contribution in [0.4, 0.5) is 4.79 Å². The van der Waals surface area contributed by atoms with E-state index >= 15 is 0 Å². The molecule has 0 unspecified atom stereocenters. The molecule has 0 saturated carbocycles. The van der Waals surface area contributed by atoms with Crippen LogP contribution in [-0.2, 0) is 17.8 Å². The Balaban J connectivity index is 1.69. The predicted octanol–water partition coefficient (Wildman–Crippen LogP) is 0.522. The summed E-state index contributed by atoms with van der Waals surface area (Å²) in [5, 5.41) is 0. The van der Waals surface area contributed by atoms with Gasteiger partial charge in [-0.2, -0.15) is 0 Å². The van der Waals surface area contributed by atoms with Gasteiger partial charge >= 0.3 is 6.03 Å². The monoisotopic (exact) mass is 336 g/mol. The van der Waals surface area contributed by atoms with Gasteiger partial charge in [0.2, 0.25) is 5.91 Å². The Morgan fingerprint density at radius 1 is 1.17 bits per heavy atom.